The number of nitrogens with one attached hydrogen (secondary N) is 1. The Balaban J connectivity index is 1.80. The summed E-state index contributed by atoms with van der Waals surface area (Å²) in [7, 11) is 0. The highest BCUT2D eigenvalue weighted by Gasteiger charge is 2.48. The average Bonchev–Trinajstić information content (AvgIpc) is 2.53. The van der Waals surface area contributed by atoms with E-state index in [-0.39, 0.29) is 17.9 Å². The fourth-order valence-electron chi connectivity index (χ4n) is 3.75. The number of hydrogen-bond donors (Lipinski definition) is 1. The minimum absolute atomic E-state index is 0.0751. The molecule has 1 N–H and O–H groups in total. The van der Waals surface area contributed by atoms with E-state index in [1.165, 1.54) is 0 Å². The van der Waals surface area contributed by atoms with E-state index in [1.54, 1.807) is 17.0 Å². The number of hydrogen-bond acceptors (Lipinski definition) is 4. The van der Waals surface area contributed by atoms with Gasteiger partial charge in [-0.2, -0.15) is 0 Å². The predicted octanol–water partition coefficient (Wildman–Crippen LogP) is 3.96. The zero-order chi connectivity index (χ0) is 18.2. The summed E-state index contributed by atoms with van der Waals surface area (Å²) < 4.78 is 6.22. The lowest BCUT2D eigenvalue weighted by atomic mass is 9.74. The van der Waals surface area contributed by atoms with Gasteiger partial charge in [-0.3, -0.25) is 9.69 Å². The molecule has 1 saturated carbocycles. The Kier molecular flexibility index (Phi) is 5.04. The van der Waals surface area contributed by atoms with Crippen molar-refractivity contribution in [2.75, 3.05) is 5.32 Å². The van der Waals surface area contributed by atoms with Crippen LogP contribution in [-0.4, -0.2) is 39.6 Å². The molecule has 136 valence electrons. The molecule has 7 heteroatoms. The van der Waals surface area contributed by atoms with E-state index in [2.05, 4.69) is 26.2 Å². The SMILES string of the molecule is CC(C)(C)OC(=O)N1C2CCC(CC2)[C@@H]1C(=O)Nc1cccc(Br)n1. The zero-order valence-corrected chi connectivity index (χ0v) is 16.4. The highest BCUT2D eigenvalue weighted by atomic mass is 79.9. The molecule has 1 aromatic rings. The average molecular weight is 410 g/mol. The molecule has 25 heavy (non-hydrogen) atoms. The number of pyridine rings is 1. The highest BCUT2D eigenvalue weighted by Crippen LogP contribution is 2.40. The standard InChI is InChI=1S/C18H24BrN3O3/c1-18(2,3)25-17(24)22-12-9-7-11(8-10-12)15(22)16(23)21-14-6-4-5-13(19)20-14/h4-6,11-12,15H,7-10H2,1-3H3,(H,20,21,23)/t11?,12?,15-/m1/s1. The Morgan fingerprint density at radius 2 is 1.92 bits per heavy atom. The lowest BCUT2D eigenvalue weighted by molar-refractivity contribution is -0.129. The van der Waals surface area contributed by atoms with Gasteiger partial charge in [-0.05, 0) is 80.4 Å². The van der Waals surface area contributed by atoms with Crippen LogP contribution in [0, 0.1) is 5.92 Å². The van der Waals surface area contributed by atoms with Crippen LogP contribution in [0.4, 0.5) is 10.6 Å². The Hall–Kier alpha value is -1.63. The first-order valence-corrected chi connectivity index (χ1v) is 9.48. The molecule has 1 aromatic heterocycles. The summed E-state index contributed by atoms with van der Waals surface area (Å²) in [6.45, 7) is 5.52. The summed E-state index contributed by atoms with van der Waals surface area (Å²) in [5.41, 5.74) is -0.583. The third-order valence-corrected chi connectivity index (χ3v) is 5.16. The molecule has 1 aliphatic carbocycles. The van der Waals surface area contributed by atoms with Crippen molar-refractivity contribution in [3.05, 3.63) is 22.8 Å². The Bertz CT molecular complexity index is 666. The van der Waals surface area contributed by atoms with Gasteiger partial charge in [-0.1, -0.05) is 6.07 Å². The molecular weight excluding hydrogens is 386 g/mol. The minimum atomic E-state index is -0.583. The van der Waals surface area contributed by atoms with Crippen molar-refractivity contribution in [2.24, 2.45) is 5.92 Å². The lowest BCUT2D eigenvalue weighted by Crippen LogP contribution is -2.62. The number of piperidine rings is 2. The van der Waals surface area contributed by atoms with Crippen molar-refractivity contribution >= 4 is 33.7 Å². The maximum Gasteiger partial charge on any atom is 0.411 e. The monoisotopic (exact) mass is 409 g/mol. The molecule has 3 heterocycles. The van der Waals surface area contributed by atoms with E-state index in [0.717, 1.165) is 25.7 Å². The topological polar surface area (TPSA) is 71.5 Å². The van der Waals surface area contributed by atoms with Crippen molar-refractivity contribution in [1.82, 2.24) is 9.88 Å². The number of fused-ring (bicyclic) bond motifs is 3. The van der Waals surface area contributed by atoms with E-state index in [0.29, 0.717) is 10.4 Å². The molecule has 4 rings (SSSR count). The molecule has 6 nitrogen and oxygen atoms in total. The fourth-order valence-corrected chi connectivity index (χ4v) is 4.09. The van der Waals surface area contributed by atoms with Crippen LogP contribution < -0.4 is 5.32 Å². The van der Waals surface area contributed by atoms with Crippen LogP contribution in [0.2, 0.25) is 0 Å². The van der Waals surface area contributed by atoms with Gasteiger partial charge in [-0.25, -0.2) is 9.78 Å². The second kappa shape index (κ2) is 6.94. The predicted molar refractivity (Wildman–Crippen MR) is 98.2 cm³/mol. The van der Waals surface area contributed by atoms with Crippen molar-refractivity contribution in [1.29, 1.82) is 0 Å². The molecule has 0 aromatic carbocycles. The molecule has 0 unspecified atom stereocenters. The van der Waals surface area contributed by atoms with E-state index >= 15 is 0 Å². The number of carbonyl (C=O) groups is 2. The summed E-state index contributed by atoms with van der Waals surface area (Å²) in [6.07, 6.45) is 3.40. The minimum Gasteiger partial charge on any atom is -0.444 e. The summed E-state index contributed by atoms with van der Waals surface area (Å²) in [6, 6.07) is 4.92. The van der Waals surface area contributed by atoms with Crippen LogP contribution >= 0.6 is 15.9 Å². The van der Waals surface area contributed by atoms with Crippen LogP contribution in [0.1, 0.15) is 46.5 Å². The normalized spacial score (nSPS) is 25.6. The third kappa shape index (κ3) is 4.14. The number of anilines is 1. The number of ether oxygens (including phenoxy) is 1. The summed E-state index contributed by atoms with van der Waals surface area (Å²) in [4.78, 5) is 31.6. The van der Waals surface area contributed by atoms with Gasteiger partial charge >= 0.3 is 6.09 Å². The molecule has 2 bridgehead atoms. The van der Waals surface area contributed by atoms with Crippen LogP contribution in [-0.2, 0) is 9.53 Å². The smallest absolute Gasteiger partial charge is 0.411 e. The summed E-state index contributed by atoms with van der Waals surface area (Å²) in [5, 5.41) is 2.86. The molecule has 0 radical (unpaired) electrons. The third-order valence-electron chi connectivity index (χ3n) is 4.72. The Morgan fingerprint density at radius 3 is 2.52 bits per heavy atom. The molecule has 1 atom stereocenters. The first-order chi connectivity index (χ1) is 11.7. The highest BCUT2D eigenvalue weighted by molar-refractivity contribution is 9.10. The van der Waals surface area contributed by atoms with Gasteiger partial charge in [0.15, 0.2) is 0 Å². The Morgan fingerprint density at radius 1 is 1.24 bits per heavy atom. The molecule has 2 amide bonds. The lowest BCUT2D eigenvalue weighted by Gasteiger charge is -2.50. The van der Waals surface area contributed by atoms with Gasteiger partial charge in [-0.15, -0.1) is 0 Å². The van der Waals surface area contributed by atoms with Crippen LogP contribution in [0.15, 0.2) is 22.8 Å². The van der Waals surface area contributed by atoms with Gasteiger partial charge in [0.2, 0.25) is 5.91 Å². The first-order valence-electron chi connectivity index (χ1n) is 8.69. The maximum absolute atomic E-state index is 12.9. The van der Waals surface area contributed by atoms with Gasteiger partial charge < -0.3 is 10.1 Å². The van der Waals surface area contributed by atoms with Crippen molar-refractivity contribution < 1.29 is 14.3 Å². The second-order valence-electron chi connectivity index (χ2n) is 7.74. The molecule has 3 fully saturated rings. The second-order valence-corrected chi connectivity index (χ2v) is 8.55. The van der Waals surface area contributed by atoms with E-state index in [1.807, 2.05) is 26.8 Å². The first kappa shape index (κ1) is 18.2. The van der Waals surface area contributed by atoms with E-state index in [4.69, 9.17) is 4.74 Å². The van der Waals surface area contributed by atoms with Crippen molar-refractivity contribution in [3.63, 3.8) is 0 Å². The molecular formula is C18H24BrN3O3. The number of aromatic nitrogens is 1. The quantitative estimate of drug-likeness (QED) is 0.750. The number of amides is 2. The fraction of sp³-hybridized carbons (Fsp3) is 0.611. The van der Waals surface area contributed by atoms with E-state index < -0.39 is 17.7 Å². The van der Waals surface area contributed by atoms with Crippen LogP contribution in [0.3, 0.4) is 0 Å². The van der Waals surface area contributed by atoms with Gasteiger partial charge in [0.25, 0.3) is 0 Å². The number of nitrogens with zero attached hydrogens (tertiary/aromatic N) is 2. The van der Waals surface area contributed by atoms with Gasteiger partial charge in [0.1, 0.15) is 22.1 Å². The van der Waals surface area contributed by atoms with Crippen molar-refractivity contribution in [3.8, 4) is 0 Å². The molecule has 3 aliphatic rings. The summed E-state index contributed by atoms with van der Waals surface area (Å²) in [5.74, 6) is 0.459. The molecule has 2 saturated heterocycles. The zero-order valence-electron chi connectivity index (χ0n) is 14.8. The van der Waals surface area contributed by atoms with Crippen LogP contribution in [0.25, 0.3) is 0 Å². The van der Waals surface area contributed by atoms with E-state index in [9.17, 15) is 9.59 Å². The maximum atomic E-state index is 12.9. The number of rotatable bonds is 2. The van der Waals surface area contributed by atoms with Gasteiger partial charge in [0, 0.05) is 6.04 Å². The van der Waals surface area contributed by atoms with Crippen molar-refractivity contribution in [2.45, 2.75) is 64.1 Å². The molecule has 2 aliphatic heterocycles. The largest absolute Gasteiger partial charge is 0.444 e. The molecule has 0 spiro atoms. The Labute approximate surface area is 156 Å². The van der Waals surface area contributed by atoms with Crippen LogP contribution in [0.5, 0.6) is 0 Å². The number of carbonyl (C=O) groups excluding carboxylic acids is 2. The van der Waals surface area contributed by atoms with Gasteiger partial charge in [0.05, 0.1) is 0 Å². The summed E-state index contributed by atoms with van der Waals surface area (Å²) >= 11 is 3.30. The number of halogens is 1.